The molecule has 0 spiro atoms. The predicted octanol–water partition coefficient (Wildman–Crippen LogP) is 3.89. The second-order valence-electron chi connectivity index (χ2n) is 12.4. The van der Waals surface area contributed by atoms with Crippen molar-refractivity contribution in [3.63, 3.8) is 0 Å². The molecule has 4 unspecified atom stereocenters. The highest BCUT2D eigenvalue weighted by Gasteiger charge is 2.66. The van der Waals surface area contributed by atoms with Gasteiger partial charge in [0.2, 0.25) is 0 Å². The summed E-state index contributed by atoms with van der Waals surface area (Å²) in [4.78, 5) is 25.6. The molecule has 1 aromatic rings. The second kappa shape index (κ2) is 7.79. The van der Waals surface area contributed by atoms with Crippen molar-refractivity contribution in [1.82, 2.24) is 0 Å². The quantitative estimate of drug-likeness (QED) is 0.457. The summed E-state index contributed by atoms with van der Waals surface area (Å²) in [7, 11) is -8.51. The van der Waals surface area contributed by atoms with E-state index in [1.54, 1.807) is 0 Å². The van der Waals surface area contributed by atoms with Gasteiger partial charge in [0.05, 0.1) is 22.3 Å². The number of carbonyl (C=O) groups is 2. The summed E-state index contributed by atoms with van der Waals surface area (Å²) in [5, 5.41) is 0. The lowest BCUT2D eigenvalue weighted by atomic mass is 9.70. The Labute approximate surface area is 213 Å². The minimum absolute atomic E-state index is 0.0546. The number of ketones is 2. The average molecular weight is 539 g/mol. The van der Waals surface area contributed by atoms with Crippen molar-refractivity contribution in [2.45, 2.75) is 66.2 Å². The number of carbonyl (C=O) groups excluding carboxylic acids is 2. The first kappa shape index (κ1) is 25.7. The molecule has 4 saturated carbocycles. The van der Waals surface area contributed by atoms with Crippen molar-refractivity contribution < 1.29 is 34.8 Å². The first-order chi connectivity index (χ1) is 16.6. The van der Waals surface area contributed by atoms with E-state index in [1.165, 1.54) is 24.3 Å². The van der Waals surface area contributed by atoms with Crippen LogP contribution in [0.4, 0.5) is 0 Å². The summed E-state index contributed by atoms with van der Waals surface area (Å²) in [6.45, 7) is 7.75. The maximum Gasteiger partial charge on any atom is 0.310 e. The molecule has 10 heteroatoms. The van der Waals surface area contributed by atoms with Crippen LogP contribution in [0.5, 0.6) is 11.5 Å². The highest BCUT2D eigenvalue weighted by atomic mass is 32.2. The van der Waals surface area contributed by atoms with Crippen molar-refractivity contribution >= 4 is 31.8 Å². The molecular formula is C26H34O8S2. The topological polar surface area (TPSA) is 121 Å². The minimum atomic E-state index is -4.25. The fraction of sp³-hybridized carbons (Fsp3) is 0.692. The molecule has 4 aliphatic rings. The van der Waals surface area contributed by atoms with E-state index in [2.05, 4.69) is 0 Å². The molecule has 36 heavy (non-hydrogen) atoms. The van der Waals surface area contributed by atoms with Crippen molar-refractivity contribution in [3.05, 3.63) is 24.3 Å². The van der Waals surface area contributed by atoms with E-state index < -0.39 is 53.4 Å². The number of benzene rings is 1. The van der Waals surface area contributed by atoms with Gasteiger partial charge in [0.25, 0.3) is 0 Å². The fourth-order valence-electron chi connectivity index (χ4n) is 7.74. The van der Waals surface area contributed by atoms with Gasteiger partial charge in [0.15, 0.2) is 11.5 Å². The van der Waals surface area contributed by atoms with Crippen LogP contribution in [0.1, 0.15) is 66.2 Å². The largest absolute Gasteiger partial charge is 0.378 e. The van der Waals surface area contributed by atoms with Crippen molar-refractivity contribution in [3.8, 4) is 11.5 Å². The van der Waals surface area contributed by atoms with Crippen LogP contribution >= 0.6 is 0 Å². The normalized spacial score (nSPS) is 34.3. The Morgan fingerprint density at radius 1 is 0.722 bits per heavy atom. The number of Topliss-reactive ketones (excluding diaryl/α,β-unsaturated/α-hetero) is 2. The third-order valence-corrected chi connectivity index (χ3v) is 13.0. The van der Waals surface area contributed by atoms with Gasteiger partial charge in [0, 0.05) is 12.8 Å². The van der Waals surface area contributed by atoms with E-state index in [1.807, 2.05) is 27.7 Å². The van der Waals surface area contributed by atoms with Gasteiger partial charge < -0.3 is 8.37 Å². The lowest BCUT2D eigenvalue weighted by molar-refractivity contribution is -0.128. The molecular weight excluding hydrogens is 504 g/mol. The van der Waals surface area contributed by atoms with Gasteiger partial charge in [-0.1, -0.05) is 39.8 Å². The van der Waals surface area contributed by atoms with E-state index in [0.717, 1.165) is 12.8 Å². The third kappa shape index (κ3) is 3.57. The van der Waals surface area contributed by atoms with Gasteiger partial charge in [-0.15, -0.1) is 0 Å². The maximum atomic E-state index is 13.2. The van der Waals surface area contributed by atoms with Crippen molar-refractivity contribution in [1.29, 1.82) is 0 Å². The van der Waals surface area contributed by atoms with Crippen LogP contribution in [0.3, 0.4) is 0 Å². The Bertz CT molecular complexity index is 1240. The molecule has 0 radical (unpaired) electrons. The number of hydrogen-bond acceptors (Lipinski definition) is 8. The second-order valence-corrected chi connectivity index (χ2v) is 15.5. The van der Waals surface area contributed by atoms with E-state index in [4.69, 9.17) is 8.37 Å². The smallest absolute Gasteiger partial charge is 0.310 e. The van der Waals surface area contributed by atoms with Crippen LogP contribution in [0.2, 0.25) is 0 Å². The van der Waals surface area contributed by atoms with E-state index >= 15 is 0 Å². The van der Waals surface area contributed by atoms with Gasteiger partial charge in [-0.2, -0.15) is 16.8 Å². The molecule has 0 amide bonds. The standard InChI is InChI=1S/C26H34O8S2/c1-23(2)17-9-11-25(23,21(27)13-17)15-35(29,30)33-19-7-5-6-8-20(19)34-36(31,32)16-26-12-10-18(14-22(26)28)24(26,3)4/h5-8,17-18H,9-16H2,1-4H3. The van der Waals surface area contributed by atoms with Crippen LogP contribution in [0, 0.1) is 33.5 Å². The molecule has 0 heterocycles. The Kier molecular flexibility index (Phi) is 5.56. The summed E-state index contributed by atoms with van der Waals surface area (Å²) < 4.78 is 63.5. The van der Waals surface area contributed by atoms with Gasteiger partial charge in [-0.3, -0.25) is 9.59 Å². The van der Waals surface area contributed by atoms with E-state index in [-0.39, 0.29) is 34.9 Å². The molecule has 4 bridgehead atoms. The highest BCUT2D eigenvalue weighted by molar-refractivity contribution is 7.87. The number of para-hydroxylation sites is 2. The molecule has 5 rings (SSSR count). The summed E-state index contributed by atoms with van der Waals surface area (Å²) in [5.41, 5.74) is -2.94. The summed E-state index contributed by atoms with van der Waals surface area (Å²) in [6.07, 6.45) is 3.32. The lowest BCUT2D eigenvalue weighted by Gasteiger charge is -2.36. The molecule has 0 saturated heterocycles. The molecule has 0 aliphatic heterocycles. The van der Waals surface area contributed by atoms with Crippen molar-refractivity contribution in [2.75, 3.05) is 11.5 Å². The van der Waals surface area contributed by atoms with Crippen LogP contribution in [-0.2, 0) is 29.8 Å². The Morgan fingerprint density at radius 2 is 1.08 bits per heavy atom. The third-order valence-electron chi connectivity index (χ3n) is 10.4. The predicted molar refractivity (Wildman–Crippen MR) is 132 cm³/mol. The number of hydrogen-bond donors (Lipinski definition) is 0. The van der Waals surface area contributed by atoms with Crippen LogP contribution in [0.25, 0.3) is 0 Å². The highest BCUT2D eigenvalue weighted by Crippen LogP contribution is 2.65. The summed E-state index contributed by atoms with van der Waals surface area (Å²) in [6, 6.07) is 5.69. The first-order valence-electron chi connectivity index (χ1n) is 12.6. The minimum Gasteiger partial charge on any atom is -0.378 e. The van der Waals surface area contributed by atoms with Gasteiger partial charge in [-0.25, -0.2) is 0 Å². The molecule has 4 atom stereocenters. The molecule has 4 fully saturated rings. The summed E-state index contributed by atoms with van der Waals surface area (Å²) in [5.74, 6) is -1.24. The zero-order chi connectivity index (χ0) is 26.4. The van der Waals surface area contributed by atoms with Crippen LogP contribution in [0.15, 0.2) is 24.3 Å². The Hall–Kier alpha value is -1.94. The first-order valence-corrected chi connectivity index (χ1v) is 15.7. The lowest BCUT2D eigenvalue weighted by Crippen LogP contribution is -2.43. The maximum absolute atomic E-state index is 13.2. The molecule has 0 N–H and O–H groups in total. The average Bonchev–Trinajstić information content (AvgIpc) is 3.27. The Balaban J connectivity index is 1.37. The van der Waals surface area contributed by atoms with Crippen LogP contribution < -0.4 is 8.37 Å². The number of fused-ring (bicyclic) bond motifs is 4. The SMILES string of the molecule is CC1(C)C2CCC1(CS(=O)(=O)Oc1ccccc1OS(=O)(=O)CC13CCC(CC1=O)C3(C)C)C(=O)C2. The van der Waals surface area contributed by atoms with Crippen LogP contribution in [-0.4, -0.2) is 39.9 Å². The zero-order valence-electron chi connectivity index (χ0n) is 21.2. The molecule has 0 aromatic heterocycles. The van der Waals surface area contributed by atoms with E-state index in [9.17, 15) is 26.4 Å². The van der Waals surface area contributed by atoms with Gasteiger partial charge in [0.1, 0.15) is 11.6 Å². The number of rotatable bonds is 8. The molecule has 198 valence electrons. The van der Waals surface area contributed by atoms with E-state index in [0.29, 0.717) is 25.7 Å². The van der Waals surface area contributed by atoms with Gasteiger partial charge >= 0.3 is 20.2 Å². The molecule has 1 aromatic carbocycles. The Morgan fingerprint density at radius 3 is 1.36 bits per heavy atom. The monoisotopic (exact) mass is 538 g/mol. The molecule has 4 aliphatic carbocycles. The molecule has 8 nitrogen and oxygen atoms in total. The zero-order valence-corrected chi connectivity index (χ0v) is 22.8. The van der Waals surface area contributed by atoms with Gasteiger partial charge in [-0.05, 0) is 60.5 Å². The fourth-order valence-corrected chi connectivity index (χ4v) is 11.2. The van der Waals surface area contributed by atoms with Crippen molar-refractivity contribution in [2.24, 2.45) is 33.5 Å². The summed E-state index contributed by atoms with van der Waals surface area (Å²) >= 11 is 0.